The summed E-state index contributed by atoms with van der Waals surface area (Å²) in [5.74, 6) is -0.188. The number of carbonyl (C=O) groups is 1. The first-order valence-electron chi connectivity index (χ1n) is 8.10. The Labute approximate surface area is 141 Å². The Morgan fingerprint density at radius 2 is 1.70 bits per heavy atom. The predicted molar refractivity (Wildman–Crippen MR) is 96.6 cm³/mol. The van der Waals surface area contributed by atoms with E-state index in [4.69, 9.17) is 5.73 Å². The summed E-state index contributed by atoms with van der Waals surface area (Å²) in [7, 11) is 0. The van der Waals surface area contributed by atoms with Crippen LogP contribution in [0.4, 0.5) is 5.69 Å². The Morgan fingerprint density at radius 1 is 1.04 bits per heavy atom. The lowest BCUT2D eigenvalue weighted by atomic mass is 10.1. The summed E-state index contributed by atoms with van der Waals surface area (Å²) in [4.78, 5) is 13.5. The summed E-state index contributed by atoms with van der Waals surface area (Å²) in [5.41, 5.74) is 7.62. The van der Waals surface area contributed by atoms with Crippen LogP contribution in [0.25, 0.3) is 0 Å². The molecule has 1 unspecified atom stereocenters. The van der Waals surface area contributed by atoms with E-state index in [1.165, 1.54) is 30.6 Å². The zero-order valence-electron chi connectivity index (χ0n) is 13.1. The molecule has 0 spiro atoms. The van der Waals surface area contributed by atoms with E-state index in [9.17, 15) is 4.79 Å². The first-order chi connectivity index (χ1) is 11.2. The Hall–Kier alpha value is -1.78. The molecule has 1 amide bonds. The molecule has 1 atom stereocenters. The minimum Gasteiger partial charge on any atom is -0.324 e. The summed E-state index contributed by atoms with van der Waals surface area (Å²) in [6.07, 6.45) is 5.33. The van der Waals surface area contributed by atoms with Crippen LogP contribution in [0.5, 0.6) is 0 Å². The molecule has 0 bridgehead atoms. The predicted octanol–water partition coefficient (Wildman–Crippen LogP) is 4.36. The van der Waals surface area contributed by atoms with Crippen molar-refractivity contribution in [1.29, 1.82) is 0 Å². The molecule has 1 aliphatic rings. The van der Waals surface area contributed by atoms with Gasteiger partial charge in [-0.05, 0) is 42.7 Å². The molecule has 1 fully saturated rings. The standard InChI is InChI=1S/C19H22N2OS/c20-18(14-6-2-1-3-7-14)19(22)21-15-10-12-17(13-11-15)23-16-8-4-5-9-16/h1-3,6-7,10-13,16,18H,4-5,8-9,20H2,(H,21,22). The number of thioether (sulfide) groups is 1. The normalized spacial score (nSPS) is 16.2. The SMILES string of the molecule is NC(C(=O)Nc1ccc(SC2CCCC2)cc1)c1ccccc1. The van der Waals surface area contributed by atoms with Crippen molar-refractivity contribution in [2.45, 2.75) is 41.9 Å². The molecular weight excluding hydrogens is 304 g/mol. The molecule has 0 heterocycles. The number of nitrogens with one attached hydrogen (secondary N) is 1. The quantitative estimate of drug-likeness (QED) is 0.858. The van der Waals surface area contributed by atoms with Crippen molar-refractivity contribution in [2.75, 3.05) is 5.32 Å². The molecule has 0 aromatic heterocycles. The van der Waals surface area contributed by atoms with Gasteiger partial charge < -0.3 is 11.1 Å². The van der Waals surface area contributed by atoms with Crippen LogP contribution in [0, 0.1) is 0 Å². The molecule has 0 saturated heterocycles. The van der Waals surface area contributed by atoms with Gasteiger partial charge in [0.2, 0.25) is 5.91 Å². The lowest BCUT2D eigenvalue weighted by Gasteiger charge is -2.13. The molecule has 1 aliphatic carbocycles. The van der Waals surface area contributed by atoms with Gasteiger partial charge in [0.1, 0.15) is 6.04 Å². The average molecular weight is 326 g/mol. The maximum absolute atomic E-state index is 12.2. The lowest BCUT2D eigenvalue weighted by Crippen LogP contribution is -2.27. The van der Waals surface area contributed by atoms with E-state index in [2.05, 4.69) is 17.4 Å². The number of rotatable bonds is 5. The van der Waals surface area contributed by atoms with E-state index in [0.29, 0.717) is 0 Å². The minimum absolute atomic E-state index is 0.188. The fraction of sp³-hybridized carbons (Fsp3) is 0.316. The number of nitrogens with two attached hydrogens (primary N) is 1. The monoisotopic (exact) mass is 326 g/mol. The zero-order valence-corrected chi connectivity index (χ0v) is 13.9. The van der Waals surface area contributed by atoms with Crippen LogP contribution in [0.15, 0.2) is 59.5 Å². The van der Waals surface area contributed by atoms with Crippen LogP contribution in [0.2, 0.25) is 0 Å². The molecular formula is C19H22N2OS. The van der Waals surface area contributed by atoms with Gasteiger partial charge in [-0.3, -0.25) is 4.79 Å². The lowest BCUT2D eigenvalue weighted by molar-refractivity contribution is -0.117. The van der Waals surface area contributed by atoms with E-state index in [-0.39, 0.29) is 5.91 Å². The van der Waals surface area contributed by atoms with Crippen molar-refractivity contribution in [1.82, 2.24) is 0 Å². The van der Waals surface area contributed by atoms with Gasteiger partial charge in [-0.15, -0.1) is 11.8 Å². The van der Waals surface area contributed by atoms with Gasteiger partial charge in [0.25, 0.3) is 0 Å². The van der Waals surface area contributed by atoms with Crippen molar-refractivity contribution in [3.05, 3.63) is 60.2 Å². The van der Waals surface area contributed by atoms with Crippen LogP contribution in [-0.4, -0.2) is 11.2 Å². The van der Waals surface area contributed by atoms with Gasteiger partial charge in [0.05, 0.1) is 0 Å². The topological polar surface area (TPSA) is 55.1 Å². The van der Waals surface area contributed by atoms with E-state index in [1.54, 1.807) is 0 Å². The molecule has 3 N–H and O–H groups in total. The maximum Gasteiger partial charge on any atom is 0.245 e. The second-order valence-corrected chi connectivity index (χ2v) is 7.30. The van der Waals surface area contributed by atoms with Gasteiger partial charge in [-0.1, -0.05) is 43.2 Å². The van der Waals surface area contributed by atoms with Gasteiger partial charge in [-0.2, -0.15) is 0 Å². The van der Waals surface area contributed by atoms with Gasteiger partial charge in [-0.25, -0.2) is 0 Å². The van der Waals surface area contributed by atoms with Crippen molar-refractivity contribution >= 4 is 23.4 Å². The van der Waals surface area contributed by atoms with E-state index in [0.717, 1.165) is 16.5 Å². The third kappa shape index (κ3) is 4.36. The smallest absolute Gasteiger partial charge is 0.245 e. The van der Waals surface area contributed by atoms with Crippen LogP contribution in [0.1, 0.15) is 37.3 Å². The molecule has 23 heavy (non-hydrogen) atoms. The zero-order chi connectivity index (χ0) is 16.1. The fourth-order valence-electron chi connectivity index (χ4n) is 2.85. The molecule has 2 aromatic rings. The van der Waals surface area contributed by atoms with Gasteiger partial charge >= 0.3 is 0 Å². The largest absolute Gasteiger partial charge is 0.324 e. The number of carbonyl (C=O) groups excluding carboxylic acids is 1. The molecule has 0 radical (unpaired) electrons. The molecule has 3 rings (SSSR count). The summed E-state index contributed by atoms with van der Waals surface area (Å²) in [6, 6.07) is 16.8. The van der Waals surface area contributed by atoms with Gasteiger partial charge in [0, 0.05) is 15.8 Å². The van der Waals surface area contributed by atoms with Crippen LogP contribution in [-0.2, 0) is 4.79 Å². The highest BCUT2D eigenvalue weighted by Gasteiger charge is 2.17. The summed E-state index contributed by atoms with van der Waals surface area (Å²) < 4.78 is 0. The highest BCUT2D eigenvalue weighted by atomic mass is 32.2. The Kier molecular flexibility index (Phi) is 5.36. The summed E-state index contributed by atoms with van der Waals surface area (Å²) >= 11 is 1.94. The number of amides is 1. The van der Waals surface area contributed by atoms with Gasteiger partial charge in [0.15, 0.2) is 0 Å². The van der Waals surface area contributed by atoms with E-state index >= 15 is 0 Å². The molecule has 4 heteroatoms. The Balaban J connectivity index is 1.58. The second-order valence-electron chi connectivity index (χ2n) is 5.93. The number of hydrogen-bond donors (Lipinski definition) is 2. The molecule has 120 valence electrons. The molecule has 0 aliphatic heterocycles. The van der Waals surface area contributed by atoms with Crippen LogP contribution >= 0.6 is 11.8 Å². The van der Waals surface area contributed by atoms with Crippen LogP contribution < -0.4 is 11.1 Å². The Bertz CT molecular complexity index is 636. The van der Waals surface area contributed by atoms with Crippen molar-refractivity contribution < 1.29 is 4.79 Å². The second kappa shape index (κ2) is 7.66. The molecule has 1 saturated carbocycles. The Morgan fingerprint density at radius 3 is 2.35 bits per heavy atom. The van der Waals surface area contributed by atoms with Crippen molar-refractivity contribution in [3.8, 4) is 0 Å². The highest BCUT2D eigenvalue weighted by molar-refractivity contribution is 8.00. The number of benzene rings is 2. The van der Waals surface area contributed by atoms with E-state index < -0.39 is 6.04 Å². The molecule has 2 aromatic carbocycles. The minimum atomic E-state index is -0.649. The summed E-state index contributed by atoms with van der Waals surface area (Å²) in [5, 5.41) is 3.64. The third-order valence-electron chi connectivity index (χ3n) is 4.17. The van der Waals surface area contributed by atoms with Crippen molar-refractivity contribution in [2.24, 2.45) is 5.73 Å². The number of anilines is 1. The summed E-state index contributed by atoms with van der Waals surface area (Å²) in [6.45, 7) is 0. The van der Waals surface area contributed by atoms with Crippen LogP contribution in [0.3, 0.4) is 0 Å². The highest BCUT2D eigenvalue weighted by Crippen LogP contribution is 2.35. The fourth-order valence-corrected chi connectivity index (χ4v) is 4.09. The molecule has 3 nitrogen and oxygen atoms in total. The first-order valence-corrected chi connectivity index (χ1v) is 8.98. The third-order valence-corrected chi connectivity index (χ3v) is 5.52. The first kappa shape index (κ1) is 16.1. The maximum atomic E-state index is 12.2. The number of hydrogen-bond acceptors (Lipinski definition) is 3. The van der Waals surface area contributed by atoms with Crippen molar-refractivity contribution in [3.63, 3.8) is 0 Å². The average Bonchev–Trinajstić information content (AvgIpc) is 3.10. The van der Waals surface area contributed by atoms with E-state index in [1.807, 2.05) is 54.2 Å².